The largest absolute Gasteiger partial charge is 0.497 e. The van der Waals surface area contributed by atoms with E-state index in [2.05, 4.69) is 4.72 Å². The molecule has 0 unspecified atom stereocenters. The van der Waals surface area contributed by atoms with Crippen LogP contribution in [0.3, 0.4) is 0 Å². The molecule has 0 aliphatic carbocycles. The van der Waals surface area contributed by atoms with E-state index in [1.807, 2.05) is 38.1 Å². The summed E-state index contributed by atoms with van der Waals surface area (Å²) in [6.07, 6.45) is 0.0662. The SMILES string of the molecule is COc1cc(C)c(S(=O)(=O)NCc2cccc(OC(C)C)c2)c(C)c1. The summed E-state index contributed by atoms with van der Waals surface area (Å²) in [5, 5.41) is 0. The van der Waals surface area contributed by atoms with Gasteiger partial charge in [-0.3, -0.25) is 0 Å². The molecule has 2 aromatic rings. The molecule has 0 bridgehead atoms. The second kappa shape index (κ2) is 7.89. The topological polar surface area (TPSA) is 64.6 Å². The number of ether oxygens (including phenoxy) is 2. The van der Waals surface area contributed by atoms with Gasteiger partial charge in [-0.15, -0.1) is 0 Å². The third-order valence-corrected chi connectivity index (χ3v) is 5.38. The Morgan fingerprint density at radius 1 is 1.04 bits per heavy atom. The Balaban J connectivity index is 2.20. The first-order valence-electron chi connectivity index (χ1n) is 8.13. The van der Waals surface area contributed by atoms with Crippen LogP contribution in [-0.2, 0) is 16.6 Å². The van der Waals surface area contributed by atoms with Crippen molar-refractivity contribution in [2.45, 2.75) is 45.2 Å². The summed E-state index contributed by atoms with van der Waals surface area (Å²) in [7, 11) is -2.06. The van der Waals surface area contributed by atoms with E-state index in [0.29, 0.717) is 21.8 Å². The molecular weight excluding hydrogens is 338 g/mol. The van der Waals surface area contributed by atoms with Crippen LogP contribution in [0.25, 0.3) is 0 Å². The first kappa shape index (κ1) is 19.3. The maximum Gasteiger partial charge on any atom is 0.241 e. The predicted octanol–water partition coefficient (Wildman–Crippen LogP) is 3.58. The highest BCUT2D eigenvalue weighted by molar-refractivity contribution is 7.89. The molecule has 2 aromatic carbocycles. The molecule has 25 heavy (non-hydrogen) atoms. The quantitative estimate of drug-likeness (QED) is 0.817. The van der Waals surface area contributed by atoms with Gasteiger partial charge in [0.2, 0.25) is 10.0 Å². The molecule has 6 heteroatoms. The van der Waals surface area contributed by atoms with Gasteiger partial charge >= 0.3 is 0 Å². The van der Waals surface area contributed by atoms with Gasteiger partial charge in [-0.2, -0.15) is 0 Å². The van der Waals surface area contributed by atoms with Gasteiger partial charge in [0.25, 0.3) is 0 Å². The summed E-state index contributed by atoms with van der Waals surface area (Å²) in [6.45, 7) is 7.63. The second-order valence-electron chi connectivity index (χ2n) is 6.23. The summed E-state index contributed by atoms with van der Waals surface area (Å²) in [5.74, 6) is 1.37. The molecule has 0 atom stereocenters. The number of sulfonamides is 1. The van der Waals surface area contributed by atoms with Crippen LogP contribution < -0.4 is 14.2 Å². The fourth-order valence-corrected chi connectivity index (χ4v) is 4.17. The van der Waals surface area contributed by atoms with Gasteiger partial charge in [0, 0.05) is 6.54 Å². The Hall–Kier alpha value is -2.05. The molecule has 1 N–H and O–H groups in total. The van der Waals surface area contributed by atoms with Crippen LogP contribution in [0.15, 0.2) is 41.3 Å². The van der Waals surface area contributed by atoms with Crippen LogP contribution in [0.1, 0.15) is 30.5 Å². The first-order valence-corrected chi connectivity index (χ1v) is 9.61. The average molecular weight is 363 g/mol. The van der Waals surface area contributed by atoms with Crippen LogP contribution >= 0.6 is 0 Å². The molecular formula is C19H25NO4S. The van der Waals surface area contributed by atoms with Crippen molar-refractivity contribution in [3.05, 3.63) is 53.1 Å². The third-order valence-electron chi connectivity index (χ3n) is 3.67. The molecule has 5 nitrogen and oxygen atoms in total. The van der Waals surface area contributed by atoms with Crippen LogP contribution in [0.2, 0.25) is 0 Å². The van der Waals surface area contributed by atoms with E-state index in [4.69, 9.17) is 9.47 Å². The molecule has 0 radical (unpaired) electrons. The van der Waals surface area contributed by atoms with E-state index in [1.165, 1.54) is 0 Å². The van der Waals surface area contributed by atoms with E-state index < -0.39 is 10.0 Å². The summed E-state index contributed by atoms with van der Waals surface area (Å²) >= 11 is 0. The Labute approximate surface area is 150 Å². The molecule has 2 rings (SSSR count). The van der Waals surface area contributed by atoms with Crippen LogP contribution in [0, 0.1) is 13.8 Å². The molecule has 0 heterocycles. The van der Waals surface area contributed by atoms with Gasteiger partial charge in [0.05, 0.1) is 18.1 Å². The lowest BCUT2D eigenvalue weighted by Crippen LogP contribution is -2.25. The standard InChI is InChI=1S/C19H25NO4S/c1-13(2)24-17-8-6-7-16(11-17)12-20-25(21,22)19-14(3)9-18(23-5)10-15(19)4/h6-11,13,20H,12H2,1-5H3. The fraction of sp³-hybridized carbons (Fsp3) is 0.368. The Morgan fingerprint density at radius 3 is 2.24 bits per heavy atom. The summed E-state index contributed by atoms with van der Waals surface area (Å²) in [4.78, 5) is 0.294. The minimum atomic E-state index is -3.63. The summed E-state index contributed by atoms with van der Waals surface area (Å²) in [6, 6.07) is 10.9. The highest BCUT2D eigenvalue weighted by Gasteiger charge is 2.20. The number of benzene rings is 2. The predicted molar refractivity (Wildman–Crippen MR) is 98.7 cm³/mol. The lowest BCUT2D eigenvalue weighted by atomic mass is 10.1. The van der Waals surface area contributed by atoms with Crippen molar-refractivity contribution >= 4 is 10.0 Å². The van der Waals surface area contributed by atoms with Gasteiger partial charge in [0.15, 0.2) is 0 Å². The normalized spacial score (nSPS) is 11.6. The molecule has 136 valence electrons. The molecule has 0 aliphatic rings. The number of methoxy groups -OCH3 is 1. The van der Waals surface area contributed by atoms with E-state index in [-0.39, 0.29) is 12.6 Å². The van der Waals surface area contributed by atoms with E-state index in [9.17, 15) is 8.42 Å². The van der Waals surface area contributed by atoms with Crippen LogP contribution in [0.5, 0.6) is 11.5 Å². The van der Waals surface area contributed by atoms with Gasteiger partial charge in [-0.1, -0.05) is 12.1 Å². The lowest BCUT2D eigenvalue weighted by Gasteiger charge is -2.14. The number of nitrogens with one attached hydrogen (secondary N) is 1. The van der Waals surface area contributed by atoms with Crippen molar-refractivity contribution in [3.63, 3.8) is 0 Å². The zero-order chi connectivity index (χ0) is 18.6. The van der Waals surface area contributed by atoms with Gasteiger partial charge in [0.1, 0.15) is 11.5 Å². The highest BCUT2D eigenvalue weighted by atomic mass is 32.2. The molecule has 0 spiro atoms. The fourth-order valence-electron chi connectivity index (χ4n) is 2.70. The molecule has 0 aliphatic heterocycles. The molecule has 0 fully saturated rings. The molecule has 0 aromatic heterocycles. The minimum absolute atomic E-state index is 0.0662. The van der Waals surface area contributed by atoms with Gasteiger partial charge in [-0.25, -0.2) is 13.1 Å². The Kier molecular flexibility index (Phi) is 6.08. The number of hydrogen-bond donors (Lipinski definition) is 1. The monoisotopic (exact) mass is 363 g/mol. The average Bonchev–Trinajstić information content (AvgIpc) is 2.51. The molecule has 0 saturated carbocycles. The molecule has 0 saturated heterocycles. The maximum absolute atomic E-state index is 12.7. The van der Waals surface area contributed by atoms with Crippen molar-refractivity contribution < 1.29 is 17.9 Å². The van der Waals surface area contributed by atoms with Crippen molar-refractivity contribution in [2.24, 2.45) is 0 Å². The maximum atomic E-state index is 12.7. The smallest absolute Gasteiger partial charge is 0.241 e. The van der Waals surface area contributed by atoms with Crippen molar-refractivity contribution in [1.29, 1.82) is 0 Å². The Morgan fingerprint density at radius 2 is 1.68 bits per heavy atom. The van der Waals surface area contributed by atoms with E-state index in [1.54, 1.807) is 33.1 Å². The van der Waals surface area contributed by atoms with Crippen molar-refractivity contribution in [1.82, 2.24) is 4.72 Å². The zero-order valence-corrected chi connectivity index (χ0v) is 16.1. The van der Waals surface area contributed by atoms with Crippen LogP contribution in [-0.4, -0.2) is 21.6 Å². The van der Waals surface area contributed by atoms with Crippen LogP contribution in [0.4, 0.5) is 0 Å². The zero-order valence-electron chi connectivity index (χ0n) is 15.3. The highest BCUT2D eigenvalue weighted by Crippen LogP contribution is 2.26. The Bertz CT molecular complexity index is 821. The second-order valence-corrected chi connectivity index (χ2v) is 7.93. The summed E-state index contributed by atoms with van der Waals surface area (Å²) < 4.78 is 39.0. The van der Waals surface area contributed by atoms with E-state index in [0.717, 1.165) is 11.3 Å². The number of aryl methyl sites for hydroxylation is 2. The van der Waals surface area contributed by atoms with Gasteiger partial charge in [-0.05, 0) is 68.7 Å². The van der Waals surface area contributed by atoms with E-state index >= 15 is 0 Å². The van der Waals surface area contributed by atoms with Gasteiger partial charge < -0.3 is 9.47 Å². The number of hydrogen-bond acceptors (Lipinski definition) is 4. The first-order chi connectivity index (χ1) is 11.7. The summed E-state index contributed by atoms with van der Waals surface area (Å²) in [5.41, 5.74) is 2.15. The number of rotatable bonds is 7. The third kappa shape index (κ3) is 4.96. The lowest BCUT2D eigenvalue weighted by molar-refractivity contribution is 0.242. The van der Waals surface area contributed by atoms with Crippen molar-refractivity contribution in [3.8, 4) is 11.5 Å². The van der Waals surface area contributed by atoms with Crippen molar-refractivity contribution in [2.75, 3.05) is 7.11 Å². The minimum Gasteiger partial charge on any atom is -0.497 e. The molecule has 0 amide bonds.